The molecule has 0 spiro atoms. The number of halogens is 1. The second-order valence-corrected chi connectivity index (χ2v) is 6.16. The summed E-state index contributed by atoms with van der Waals surface area (Å²) in [6.45, 7) is 0.250. The van der Waals surface area contributed by atoms with Crippen molar-refractivity contribution in [3.05, 3.63) is 55.9 Å². The van der Waals surface area contributed by atoms with Crippen molar-refractivity contribution in [1.29, 1.82) is 0 Å². The number of nitrogens with one attached hydrogen (secondary N) is 1. The van der Waals surface area contributed by atoms with Crippen molar-refractivity contribution in [2.45, 2.75) is 6.54 Å². The third-order valence-electron chi connectivity index (χ3n) is 3.54. The molecule has 0 saturated heterocycles. The summed E-state index contributed by atoms with van der Waals surface area (Å²) < 4.78 is 7.16. The summed E-state index contributed by atoms with van der Waals surface area (Å²) >= 11 is 2.16. The lowest BCUT2D eigenvalue weighted by molar-refractivity contribution is 0.0599. The Bertz CT molecular complexity index is 948. The molecule has 0 saturated carbocycles. The van der Waals surface area contributed by atoms with Crippen LogP contribution in [0.2, 0.25) is 0 Å². The lowest BCUT2D eigenvalue weighted by Crippen LogP contribution is -2.29. The van der Waals surface area contributed by atoms with Crippen LogP contribution in [0.4, 0.5) is 5.69 Å². The second kappa shape index (κ2) is 6.03. The summed E-state index contributed by atoms with van der Waals surface area (Å²) in [7, 11) is 1.22. The number of methoxy groups -OCH3 is 1. The van der Waals surface area contributed by atoms with Gasteiger partial charge in [-0.05, 0) is 40.8 Å². The van der Waals surface area contributed by atoms with E-state index in [0.29, 0.717) is 10.9 Å². The minimum absolute atomic E-state index is 0.133. The minimum Gasteiger partial charge on any atom is -0.465 e. The van der Waals surface area contributed by atoms with Crippen LogP contribution in [0.5, 0.6) is 0 Å². The van der Waals surface area contributed by atoms with Gasteiger partial charge in [-0.25, -0.2) is 9.78 Å². The van der Waals surface area contributed by atoms with Gasteiger partial charge in [0.1, 0.15) is 5.56 Å². The number of H-pyrrole nitrogens is 1. The van der Waals surface area contributed by atoms with Crippen LogP contribution in [-0.2, 0) is 11.3 Å². The van der Waals surface area contributed by atoms with Crippen molar-refractivity contribution in [2.24, 2.45) is 0 Å². The summed E-state index contributed by atoms with van der Waals surface area (Å²) in [4.78, 5) is 31.7. The minimum atomic E-state index is -0.744. The van der Waals surface area contributed by atoms with Crippen LogP contribution in [0.1, 0.15) is 16.1 Å². The van der Waals surface area contributed by atoms with Gasteiger partial charge in [0.15, 0.2) is 0 Å². The van der Waals surface area contributed by atoms with Gasteiger partial charge in [-0.1, -0.05) is 0 Å². The fourth-order valence-electron chi connectivity index (χ4n) is 2.45. The fourth-order valence-corrected chi connectivity index (χ4v) is 2.92. The number of aromatic nitrogens is 3. The summed E-state index contributed by atoms with van der Waals surface area (Å²) in [6.07, 6.45) is 3.16. The van der Waals surface area contributed by atoms with E-state index in [9.17, 15) is 9.59 Å². The van der Waals surface area contributed by atoms with Crippen LogP contribution in [0.3, 0.4) is 0 Å². The van der Waals surface area contributed by atoms with Crippen molar-refractivity contribution < 1.29 is 9.53 Å². The monoisotopic (exact) mass is 424 g/mol. The predicted octanol–water partition coefficient (Wildman–Crippen LogP) is 1.75. The number of nitrogens with zero attached hydrogens (tertiary/aromatic N) is 2. The summed E-state index contributed by atoms with van der Waals surface area (Å²) in [6, 6.07) is 5.51. The number of hydrogen-bond acceptors (Lipinski definition) is 5. The Morgan fingerprint density at radius 3 is 2.91 bits per heavy atom. The lowest BCUT2D eigenvalue weighted by atomic mass is 10.1. The van der Waals surface area contributed by atoms with Gasteiger partial charge in [-0.15, -0.1) is 0 Å². The first kappa shape index (κ1) is 15.5. The first-order chi connectivity index (χ1) is 11.0. The second-order valence-electron chi connectivity index (χ2n) is 4.91. The molecule has 0 aliphatic carbocycles. The molecule has 0 bridgehead atoms. The fraction of sp³-hybridized carbons (Fsp3) is 0.133. The number of carbonyl (C=O) groups is 1. The number of anilines is 1. The number of pyridine rings is 1. The van der Waals surface area contributed by atoms with Crippen LogP contribution in [0, 0.1) is 3.57 Å². The van der Waals surface area contributed by atoms with Crippen molar-refractivity contribution in [2.75, 3.05) is 12.8 Å². The van der Waals surface area contributed by atoms with Crippen LogP contribution < -0.4 is 11.3 Å². The molecule has 0 unspecified atom stereocenters. The van der Waals surface area contributed by atoms with Crippen LogP contribution >= 0.6 is 22.6 Å². The van der Waals surface area contributed by atoms with Crippen molar-refractivity contribution >= 4 is 45.2 Å². The average Bonchev–Trinajstić information content (AvgIpc) is 3.04. The van der Waals surface area contributed by atoms with Crippen molar-refractivity contribution in [3.8, 4) is 0 Å². The largest absolute Gasteiger partial charge is 0.465 e. The number of benzene rings is 1. The van der Waals surface area contributed by atoms with Crippen LogP contribution in [0.25, 0.3) is 10.9 Å². The smallest absolute Gasteiger partial charge is 0.345 e. The van der Waals surface area contributed by atoms with E-state index in [-0.39, 0.29) is 17.8 Å². The number of ether oxygens (including phenoxy) is 1. The summed E-state index contributed by atoms with van der Waals surface area (Å²) in [5.41, 5.74) is 6.94. The van der Waals surface area contributed by atoms with E-state index in [4.69, 9.17) is 10.5 Å². The molecule has 7 nitrogen and oxygen atoms in total. The Hall–Kier alpha value is -2.36. The molecule has 0 aliphatic heterocycles. The first-order valence-corrected chi connectivity index (χ1v) is 7.78. The molecule has 3 aromatic rings. The van der Waals surface area contributed by atoms with Gasteiger partial charge in [0.2, 0.25) is 0 Å². The van der Waals surface area contributed by atoms with Gasteiger partial charge >= 0.3 is 5.97 Å². The van der Waals surface area contributed by atoms with Gasteiger partial charge in [-0.3, -0.25) is 4.79 Å². The van der Waals surface area contributed by atoms with Crippen molar-refractivity contribution in [1.82, 2.24) is 14.5 Å². The number of aromatic amines is 1. The van der Waals surface area contributed by atoms with Gasteiger partial charge in [0.05, 0.1) is 36.9 Å². The maximum atomic E-state index is 12.8. The topological polar surface area (TPSA) is 103 Å². The van der Waals surface area contributed by atoms with Gasteiger partial charge in [0.25, 0.3) is 5.56 Å². The maximum Gasteiger partial charge on any atom is 0.345 e. The molecule has 0 fully saturated rings. The lowest BCUT2D eigenvalue weighted by Gasteiger charge is -2.14. The number of nitrogen functional groups attached to an aromatic ring is 1. The van der Waals surface area contributed by atoms with E-state index in [0.717, 1.165) is 9.26 Å². The molecule has 1 aromatic carbocycles. The average molecular weight is 424 g/mol. The zero-order chi connectivity index (χ0) is 16.6. The summed E-state index contributed by atoms with van der Waals surface area (Å²) in [5, 5.41) is 0.630. The number of hydrogen-bond donors (Lipinski definition) is 2. The zero-order valence-electron chi connectivity index (χ0n) is 12.2. The molecule has 0 amide bonds. The molecule has 118 valence electrons. The van der Waals surface area contributed by atoms with Crippen LogP contribution in [0.15, 0.2) is 35.5 Å². The third kappa shape index (κ3) is 2.69. The number of esters is 1. The van der Waals surface area contributed by atoms with E-state index in [1.54, 1.807) is 12.3 Å². The Labute approximate surface area is 144 Å². The molecule has 3 N–H and O–H groups in total. The molecule has 3 rings (SSSR count). The van der Waals surface area contributed by atoms with Gasteiger partial charge < -0.3 is 20.0 Å². The number of rotatable bonds is 3. The zero-order valence-corrected chi connectivity index (χ0v) is 14.3. The molecule has 2 heterocycles. The standard InChI is InChI=1S/C15H13IN4O3/c1-23-15(22)12-13(17)10-3-2-8(16)4-11(10)20(14(12)21)6-9-5-18-7-19-9/h2-5,7H,6,17H2,1H3,(H,18,19). The Morgan fingerprint density at radius 2 is 2.26 bits per heavy atom. The van der Waals surface area contributed by atoms with E-state index in [1.807, 2.05) is 12.1 Å². The normalized spacial score (nSPS) is 10.9. The van der Waals surface area contributed by atoms with Gasteiger partial charge in [-0.2, -0.15) is 0 Å². The Morgan fingerprint density at radius 1 is 1.48 bits per heavy atom. The number of nitrogens with two attached hydrogens (primary N) is 1. The number of fused-ring (bicyclic) bond motifs is 1. The predicted molar refractivity (Wildman–Crippen MR) is 94.4 cm³/mol. The Balaban J connectivity index is 2.37. The first-order valence-electron chi connectivity index (χ1n) is 6.70. The number of imidazole rings is 1. The van der Waals surface area contributed by atoms with E-state index >= 15 is 0 Å². The Kier molecular flexibility index (Phi) is 4.07. The highest BCUT2D eigenvalue weighted by Crippen LogP contribution is 2.25. The van der Waals surface area contributed by atoms with Crippen LogP contribution in [-0.4, -0.2) is 27.6 Å². The highest BCUT2D eigenvalue weighted by Gasteiger charge is 2.21. The van der Waals surface area contributed by atoms with Gasteiger partial charge in [0, 0.05) is 15.2 Å². The third-order valence-corrected chi connectivity index (χ3v) is 4.21. The molecular formula is C15H13IN4O3. The molecule has 0 aliphatic rings. The van der Waals surface area contributed by atoms with E-state index in [2.05, 4.69) is 32.6 Å². The maximum absolute atomic E-state index is 12.8. The molecular weight excluding hydrogens is 411 g/mol. The quantitative estimate of drug-likeness (QED) is 0.493. The highest BCUT2D eigenvalue weighted by atomic mass is 127. The molecule has 8 heteroatoms. The van der Waals surface area contributed by atoms with E-state index < -0.39 is 11.5 Å². The SMILES string of the molecule is COC(=O)c1c(N)c2ccc(I)cc2n(Cc2cnc[nH]2)c1=O. The molecule has 0 atom stereocenters. The molecule has 0 radical (unpaired) electrons. The molecule has 23 heavy (non-hydrogen) atoms. The van der Waals surface area contributed by atoms with Crippen molar-refractivity contribution in [3.63, 3.8) is 0 Å². The molecule has 2 aromatic heterocycles. The highest BCUT2D eigenvalue weighted by molar-refractivity contribution is 14.1. The summed E-state index contributed by atoms with van der Waals surface area (Å²) in [5.74, 6) is -0.744. The van der Waals surface area contributed by atoms with E-state index in [1.165, 1.54) is 18.0 Å². The number of carbonyl (C=O) groups excluding carboxylic acids is 1.